The van der Waals surface area contributed by atoms with E-state index in [1.165, 1.54) is 24.1 Å². The number of carbonyl (C=O) groups is 1. The predicted molar refractivity (Wildman–Crippen MR) is 94.0 cm³/mol. The number of benzene rings is 1. The number of sulfone groups is 1. The van der Waals surface area contributed by atoms with Crippen LogP contribution in [0.3, 0.4) is 0 Å². The highest BCUT2D eigenvalue weighted by atomic mass is 32.2. The first-order valence-electron chi connectivity index (χ1n) is 8.64. The Morgan fingerprint density at radius 2 is 2.08 bits per heavy atom. The quantitative estimate of drug-likeness (QED) is 0.894. The third-order valence-corrected chi connectivity index (χ3v) is 7.08. The molecule has 1 unspecified atom stereocenters. The van der Waals surface area contributed by atoms with Gasteiger partial charge in [-0.3, -0.25) is 4.79 Å². The van der Waals surface area contributed by atoms with Crippen molar-refractivity contribution in [1.82, 2.24) is 10.3 Å². The van der Waals surface area contributed by atoms with E-state index in [9.17, 15) is 13.2 Å². The lowest BCUT2D eigenvalue weighted by Crippen LogP contribution is -2.29. The van der Waals surface area contributed by atoms with Crippen molar-refractivity contribution in [3.63, 3.8) is 0 Å². The number of nitrogens with one attached hydrogen (secondary N) is 2. The van der Waals surface area contributed by atoms with Gasteiger partial charge in [0.2, 0.25) is 0 Å². The van der Waals surface area contributed by atoms with Crippen LogP contribution >= 0.6 is 0 Å². The Bertz CT molecular complexity index is 898. The van der Waals surface area contributed by atoms with E-state index in [2.05, 4.69) is 10.3 Å². The maximum atomic E-state index is 12.4. The van der Waals surface area contributed by atoms with Crippen LogP contribution in [0.5, 0.6) is 0 Å². The third-order valence-electron chi connectivity index (χ3n) is 5.24. The molecule has 0 saturated carbocycles. The molecule has 24 heavy (non-hydrogen) atoms. The first kappa shape index (κ1) is 15.7. The van der Waals surface area contributed by atoms with E-state index >= 15 is 0 Å². The number of aromatic nitrogens is 1. The lowest BCUT2D eigenvalue weighted by atomic mass is 9.95. The average molecular weight is 346 g/mol. The van der Waals surface area contributed by atoms with Crippen LogP contribution in [-0.4, -0.2) is 37.4 Å². The Balaban J connectivity index is 1.50. The zero-order valence-corrected chi connectivity index (χ0v) is 14.4. The molecule has 2 aliphatic rings. The summed E-state index contributed by atoms with van der Waals surface area (Å²) in [6.45, 7) is 0.432. The van der Waals surface area contributed by atoms with Gasteiger partial charge >= 0.3 is 0 Å². The van der Waals surface area contributed by atoms with Gasteiger partial charge in [-0.05, 0) is 61.8 Å². The van der Waals surface area contributed by atoms with E-state index in [4.69, 9.17) is 0 Å². The lowest BCUT2D eigenvalue weighted by Gasteiger charge is -2.11. The number of aryl methyl sites for hydroxylation is 2. The molecule has 1 aliphatic heterocycles. The maximum Gasteiger partial charge on any atom is 0.251 e. The molecule has 1 amide bonds. The first-order valence-corrected chi connectivity index (χ1v) is 10.5. The van der Waals surface area contributed by atoms with E-state index in [-0.39, 0.29) is 23.3 Å². The number of hydrogen-bond acceptors (Lipinski definition) is 3. The summed E-state index contributed by atoms with van der Waals surface area (Å²) in [5.41, 5.74) is 4.41. The number of hydrogen-bond donors (Lipinski definition) is 2. The average Bonchev–Trinajstić information content (AvgIpc) is 3.11. The number of carbonyl (C=O) groups excluding carboxylic acids is 1. The van der Waals surface area contributed by atoms with Crippen LogP contribution in [0.4, 0.5) is 0 Å². The monoisotopic (exact) mass is 346 g/mol. The van der Waals surface area contributed by atoms with Gasteiger partial charge in [-0.1, -0.05) is 0 Å². The fourth-order valence-corrected chi connectivity index (χ4v) is 5.78. The van der Waals surface area contributed by atoms with Crippen molar-refractivity contribution in [1.29, 1.82) is 0 Å². The number of aromatic amines is 1. The van der Waals surface area contributed by atoms with Crippen molar-refractivity contribution in [2.24, 2.45) is 5.92 Å². The summed E-state index contributed by atoms with van der Waals surface area (Å²) in [6, 6.07) is 5.78. The fraction of sp³-hybridized carbons (Fsp3) is 0.500. The second-order valence-corrected chi connectivity index (χ2v) is 9.26. The molecule has 5 nitrogen and oxygen atoms in total. The SMILES string of the molecule is O=C(NCC1CCS(=O)(=O)C1)c1ccc2[nH]c3c(c2c1)CCCC3. The Kier molecular flexibility index (Phi) is 3.87. The summed E-state index contributed by atoms with van der Waals surface area (Å²) >= 11 is 0. The molecule has 1 aromatic heterocycles. The largest absolute Gasteiger partial charge is 0.358 e. The highest BCUT2D eigenvalue weighted by molar-refractivity contribution is 7.91. The molecular formula is C18H22N2O3S. The highest BCUT2D eigenvalue weighted by Crippen LogP contribution is 2.29. The van der Waals surface area contributed by atoms with Crippen molar-refractivity contribution in [3.8, 4) is 0 Å². The minimum Gasteiger partial charge on any atom is -0.358 e. The van der Waals surface area contributed by atoms with Gasteiger partial charge in [0.25, 0.3) is 5.91 Å². The van der Waals surface area contributed by atoms with Crippen LogP contribution < -0.4 is 5.32 Å². The molecule has 4 rings (SSSR count). The summed E-state index contributed by atoms with van der Waals surface area (Å²) in [5, 5.41) is 4.06. The van der Waals surface area contributed by atoms with Crippen molar-refractivity contribution in [2.45, 2.75) is 32.1 Å². The van der Waals surface area contributed by atoms with Crippen LogP contribution in [0.1, 0.15) is 40.9 Å². The van der Waals surface area contributed by atoms with Crippen LogP contribution in [0, 0.1) is 5.92 Å². The van der Waals surface area contributed by atoms with Gasteiger partial charge in [-0.25, -0.2) is 8.42 Å². The Morgan fingerprint density at radius 3 is 2.88 bits per heavy atom. The molecule has 2 aromatic rings. The first-order chi connectivity index (χ1) is 11.5. The number of amides is 1. The van der Waals surface area contributed by atoms with Gasteiger partial charge in [0, 0.05) is 28.7 Å². The fourth-order valence-electron chi connectivity index (χ4n) is 3.92. The summed E-state index contributed by atoms with van der Waals surface area (Å²) < 4.78 is 23.0. The zero-order chi connectivity index (χ0) is 16.7. The minimum atomic E-state index is -2.90. The predicted octanol–water partition coefficient (Wildman–Crippen LogP) is 2.21. The van der Waals surface area contributed by atoms with Crippen LogP contribution in [0.15, 0.2) is 18.2 Å². The summed E-state index contributed by atoms with van der Waals surface area (Å²) in [5.74, 6) is 0.363. The van der Waals surface area contributed by atoms with Crippen molar-refractivity contribution >= 4 is 26.6 Å². The van der Waals surface area contributed by atoms with Crippen LogP contribution in [-0.2, 0) is 22.7 Å². The minimum absolute atomic E-state index is 0.0442. The molecule has 1 saturated heterocycles. The topological polar surface area (TPSA) is 79.0 Å². The highest BCUT2D eigenvalue weighted by Gasteiger charge is 2.28. The molecule has 6 heteroatoms. The van der Waals surface area contributed by atoms with Gasteiger partial charge in [-0.2, -0.15) is 0 Å². The maximum absolute atomic E-state index is 12.4. The van der Waals surface area contributed by atoms with Gasteiger partial charge in [0.15, 0.2) is 9.84 Å². The van der Waals surface area contributed by atoms with E-state index in [0.717, 1.165) is 23.7 Å². The van der Waals surface area contributed by atoms with Gasteiger partial charge in [0.05, 0.1) is 11.5 Å². The second kappa shape index (κ2) is 5.92. The zero-order valence-electron chi connectivity index (χ0n) is 13.6. The van der Waals surface area contributed by atoms with Crippen molar-refractivity contribution < 1.29 is 13.2 Å². The van der Waals surface area contributed by atoms with Gasteiger partial charge in [-0.15, -0.1) is 0 Å². The molecular weight excluding hydrogens is 324 g/mol. The molecule has 0 radical (unpaired) electrons. The second-order valence-electron chi connectivity index (χ2n) is 7.03. The van der Waals surface area contributed by atoms with E-state index in [1.54, 1.807) is 0 Å². The molecule has 1 aliphatic carbocycles. The van der Waals surface area contributed by atoms with Gasteiger partial charge < -0.3 is 10.3 Å². The molecule has 2 N–H and O–H groups in total. The molecule has 2 heterocycles. The van der Waals surface area contributed by atoms with Crippen LogP contribution in [0.2, 0.25) is 0 Å². The number of H-pyrrole nitrogens is 1. The third kappa shape index (κ3) is 2.95. The summed E-state index contributed by atoms with van der Waals surface area (Å²) in [4.78, 5) is 15.9. The van der Waals surface area contributed by atoms with Crippen LogP contribution in [0.25, 0.3) is 10.9 Å². The number of fused-ring (bicyclic) bond motifs is 3. The van der Waals surface area contributed by atoms with E-state index in [0.29, 0.717) is 18.5 Å². The summed E-state index contributed by atoms with van der Waals surface area (Å²) in [6.07, 6.45) is 5.22. The standard InChI is InChI=1S/C18H22N2O3S/c21-18(19-10-12-7-8-24(22,23)11-12)13-5-6-17-15(9-13)14-3-1-2-4-16(14)20-17/h5-6,9,12,20H,1-4,7-8,10-11H2,(H,19,21). The molecule has 1 aromatic carbocycles. The molecule has 1 atom stereocenters. The molecule has 1 fully saturated rings. The smallest absolute Gasteiger partial charge is 0.251 e. The van der Waals surface area contributed by atoms with E-state index in [1.807, 2.05) is 18.2 Å². The van der Waals surface area contributed by atoms with Crippen molar-refractivity contribution in [3.05, 3.63) is 35.0 Å². The Labute approximate surface area is 141 Å². The molecule has 128 valence electrons. The van der Waals surface area contributed by atoms with Gasteiger partial charge in [0.1, 0.15) is 0 Å². The Hall–Kier alpha value is -1.82. The number of rotatable bonds is 3. The normalized spacial score (nSPS) is 22.4. The molecule has 0 spiro atoms. The summed E-state index contributed by atoms with van der Waals surface area (Å²) in [7, 11) is -2.90. The Morgan fingerprint density at radius 1 is 1.25 bits per heavy atom. The molecule has 0 bridgehead atoms. The van der Waals surface area contributed by atoms with E-state index < -0.39 is 9.84 Å². The lowest BCUT2D eigenvalue weighted by molar-refractivity contribution is 0.0948. The van der Waals surface area contributed by atoms with Crippen molar-refractivity contribution in [2.75, 3.05) is 18.1 Å².